The first-order valence-corrected chi connectivity index (χ1v) is 13.6. The van der Waals surface area contributed by atoms with Crippen LogP contribution >= 0.6 is 23.2 Å². The number of hydrogen-bond acceptors (Lipinski definition) is 9. The number of nitrogens with zero attached hydrogens (tertiary/aromatic N) is 5. The average Bonchev–Trinajstić information content (AvgIpc) is 2.95. The lowest BCUT2D eigenvalue weighted by molar-refractivity contribution is 0.0993. The molecular formula is C29H26Cl2FN7O2. The Bertz CT molecular complexity index is 1560. The number of hydrogen-bond donors (Lipinski definition) is 2. The molecule has 210 valence electrons. The first-order valence-electron chi connectivity index (χ1n) is 12.8. The number of halogens is 3. The number of morpholine rings is 1. The smallest absolute Gasteiger partial charge is 0.245 e. The molecule has 4 aromatic rings. The Morgan fingerprint density at radius 1 is 1.07 bits per heavy atom. The number of ether oxygens (including phenoxy) is 1. The van der Waals surface area contributed by atoms with Gasteiger partial charge in [0.25, 0.3) is 0 Å². The molecule has 5 rings (SSSR count). The van der Waals surface area contributed by atoms with Gasteiger partial charge in [-0.1, -0.05) is 29.3 Å². The van der Waals surface area contributed by atoms with Crippen LogP contribution in [0.3, 0.4) is 0 Å². The van der Waals surface area contributed by atoms with Crippen molar-refractivity contribution in [2.24, 2.45) is 5.10 Å². The third kappa shape index (κ3) is 7.55. The first kappa shape index (κ1) is 28.4. The van der Waals surface area contributed by atoms with Crippen molar-refractivity contribution in [2.75, 3.05) is 41.9 Å². The lowest BCUT2D eigenvalue weighted by Gasteiger charge is -2.27. The van der Waals surface area contributed by atoms with Gasteiger partial charge in [-0.2, -0.15) is 10.1 Å². The predicted octanol–water partition coefficient (Wildman–Crippen LogP) is 6.08. The van der Waals surface area contributed by atoms with Crippen molar-refractivity contribution < 1.29 is 13.9 Å². The van der Waals surface area contributed by atoms with Crippen molar-refractivity contribution >= 4 is 58.3 Å². The highest BCUT2D eigenvalue weighted by molar-refractivity contribution is 6.34. The molecule has 0 amide bonds. The largest absolute Gasteiger partial charge is 0.378 e. The molecule has 0 saturated carbocycles. The van der Waals surface area contributed by atoms with E-state index in [0.29, 0.717) is 53.3 Å². The predicted molar refractivity (Wildman–Crippen MR) is 159 cm³/mol. The third-order valence-corrected chi connectivity index (χ3v) is 6.74. The second-order valence-corrected chi connectivity index (χ2v) is 10.2. The Morgan fingerprint density at radius 3 is 2.61 bits per heavy atom. The lowest BCUT2D eigenvalue weighted by Crippen LogP contribution is -2.37. The van der Waals surface area contributed by atoms with Gasteiger partial charge in [0.05, 0.1) is 48.2 Å². The quantitative estimate of drug-likeness (QED) is 0.137. The highest BCUT2D eigenvalue weighted by Gasteiger charge is 2.18. The molecule has 0 aliphatic carbocycles. The minimum absolute atomic E-state index is 0.0921. The number of benzene rings is 2. The third-order valence-electron chi connectivity index (χ3n) is 6.21. The molecule has 1 aliphatic rings. The van der Waals surface area contributed by atoms with Crippen LogP contribution in [0.4, 0.5) is 27.5 Å². The monoisotopic (exact) mass is 593 g/mol. The van der Waals surface area contributed by atoms with E-state index in [4.69, 9.17) is 27.9 Å². The van der Waals surface area contributed by atoms with Gasteiger partial charge in [0.1, 0.15) is 0 Å². The van der Waals surface area contributed by atoms with E-state index in [0.717, 1.165) is 23.0 Å². The molecule has 41 heavy (non-hydrogen) atoms. The Morgan fingerprint density at radius 2 is 1.88 bits per heavy atom. The number of aromatic nitrogens is 3. The Balaban J connectivity index is 1.17. The van der Waals surface area contributed by atoms with Gasteiger partial charge < -0.3 is 15.0 Å². The van der Waals surface area contributed by atoms with Crippen molar-refractivity contribution in [3.63, 3.8) is 0 Å². The summed E-state index contributed by atoms with van der Waals surface area (Å²) in [6.07, 6.45) is 4.46. The molecule has 1 fully saturated rings. The van der Waals surface area contributed by atoms with E-state index in [2.05, 4.69) is 30.8 Å². The summed E-state index contributed by atoms with van der Waals surface area (Å²) in [6.45, 7) is 4.08. The zero-order valence-corrected chi connectivity index (χ0v) is 23.6. The van der Waals surface area contributed by atoms with Crippen LogP contribution in [-0.2, 0) is 11.2 Å². The van der Waals surface area contributed by atoms with Crippen molar-refractivity contribution in [1.29, 1.82) is 0 Å². The van der Waals surface area contributed by atoms with E-state index in [9.17, 15) is 9.18 Å². The summed E-state index contributed by atoms with van der Waals surface area (Å²) in [5, 5.41) is 8.28. The summed E-state index contributed by atoms with van der Waals surface area (Å²) in [4.78, 5) is 27.2. The van der Waals surface area contributed by atoms with Crippen LogP contribution in [0.2, 0.25) is 10.0 Å². The van der Waals surface area contributed by atoms with E-state index >= 15 is 0 Å². The average molecular weight is 594 g/mol. The number of carbonyl (C=O) groups excluding carboxylic acids is 1. The molecule has 0 atom stereocenters. The number of hydrazone groups is 1. The normalized spacial score (nSPS) is 13.4. The number of Topliss-reactive ketones (excluding diaryl/α,β-unsaturated/α-hetero) is 1. The maximum atomic E-state index is 14.2. The Labute approximate surface area is 246 Å². The number of anilines is 4. The van der Waals surface area contributed by atoms with E-state index in [1.807, 2.05) is 30.0 Å². The van der Waals surface area contributed by atoms with Crippen LogP contribution in [0.25, 0.3) is 0 Å². The Hall–Kier alpha value is -4.12. The first-order chi connectivity index (χ1) is 19.8. The van der Waals surface area contributed by atoms with Gasteiger partial charge in [0, 0.05) is 35.8 Å². The van der Waals surface area contributed by atoms with Crippen molar-refractivity contribution in [3.8, 4) is 0 Å². The molecule has 2 aromatic carbocycles. The molecular weight excluding hydrogens is 568 g/mol. The molecule has 0 radical (unpaired) electrons. The van der Waals surface area contributed by atoms with E-state index in [1.165, 1.54) is 6.21 Å². The van der Waals surface area contributed by atoms with Gasteiger partial charge in [0.2, 0.25) is 5.95 Å². The maximum Gasteiger partial charge on any atom is 0.245 e. The molecule has 1 aliphatic heterocycles. The maximum absolute atomic E-state index is 14.2. The fraction of sp³-hybridized carbons (Fsp3) is 0.207. The van der Waals surface area contributed by atoms with Crippen LogP contribution in [0.1, 0.15) is 27.2 Å². The summed E-state index contributed by atoms with van der Waals surface area (Å²) in [5.74, 6) is -0.209. The Kier molecular flexibility index (Phi) is 9.03. The summed E-state index contributed by atoms with van der Waals surface area (Å²) < 4.78 is 19.5. The van der Waals surface area contributed by atoms with Gasteiger partial charge in [-0.25, -0.2) is 14.8 Å². The van der Waals surface area contributed by atoms with E-state index in [1.54, 1.807) is 36.5 Å². The second kappa shape index (κ2) is 13.0. The molecule has 2 aromatic heterocycles. The summed E-state index contributed by atoms with van der Waals surface area (Å²) in [6, 6.07) is 14.3. The summed E-state index contributed by atoms with van der Waals surface area (Å²) >= 11 is 12.6. The highest BCUT2D eigenvalue weighted by atomic mass is 35.5. The molecule has 9 nitrogen and oxygen atoms in total. The van der Waals surface area contributed by atoms with Gasteiger partial charge in [-0.15, -0.1) is 0 Å². The topological polar surface area (TPSA) is 105 Å². The minimum Gasteiger partial charge on any atom is -0.378 e. The van der Waals surface area contributed by atoms with Crippen molar-refractivity contribution in [3.05, 3.63) is 99.2 Å². The van der Waals surface area contributed by atoms with E-state index in [-0.39, 0.29) is 24.0 Å². The van der Waals surface area contributed by atoms with Gasteiger partial charge in [-0.05, 0) is 60.5 Å². The zero-order valence-electron chi connectivity index (χ0n) is 22.1. The van der Waals surface area contributed by atoms with Crippen LogP contribution in [-0.4, -0.2) is 53.3 Å². The second-order valence-electron chi connectivity index (χ2n) is 9.36. The van der Waals surface area contributed by atoms with Gasteiger partial charge in [-0.3, -0.25) is 9.78 Å². The standard InChI is InChI=1S/C29H26Cl2FN7O2/c1-18-10-19(12-20(30)11-18)13-27(40)24-5-4-21(14-25(24)31)36-23-3-2-22(33-15-23)16-35-38-29-34-17-26(32)28(37-29)39-6-8-41-9-7-39/h2-5,10-12,14-17,36H,6-9,13H2,1H3,(H,34,37,38)/b35-16+. The molecule has 0 spiro atoms. The van der Waals surface area contributed by atoms with Crippen molar-refractivity contribution in [1.82, 2.24) is 15.0 Å². The summed E-state index contributed by atoms with van der Waals surface area (Å²) in [5.41, 5.74) is 6.99. The lowest BCUT2D eigenvalue weighted by atomic mass is 10.0. The SMILES string of the molecule is Cc1cc(Cl)cc(CC(=O)c2ccc(Nc3ccc(/C=N/Nc4ncc(F)c(N5CCOCC5)n4)nc3)cc2Cl)c1. The number of ketones is 1. The van der Waals surface area contributed by atoms with Crippen molar-refractivity contribution in [2.45, 2.75) is 13.3 Å². The van der Waals surface area contributed by atoms with Gasteiger partial charge in [0.15, 0.2) is 17.4 Å². The molecule has 0 unspecified atom stereocenters. The number of carbonyl (C=O) groups is 1. The highest BCUT2D eigenvalue weighted by Crippen LogP contribution is 2.26. The number of pyridine rings is 1. The van der Waals surface area contributed by atoms with Gasteiger partial charge >= 0.3 is 0 Å². The number of nitrogens with one attached hydrogen (secondary N) is 2. The summed E-state index contributed by atoms with van der Waals surface area (Å²) in [7, 11) is 0. The fourth-order valence-electron chi connectivity index (χ4n) is 4.30. The van der Waals surface area contributed by atoms with Crippen LogP contribution in [0.15, 0.2) is 66.0 Å². The van der Waals surface area contributed by atoms with Crippen LogP contribution < -0.4 is 15.6 Å². The molecule has 12 heteroatoms. The van der Waals surface area contributed by atoms with Crippen LogP contribution in [0, 0.1) is 12.7 Å². The number of aryl methyl sites for hydroxylation is 1. The molecule has 2 N–H and O–H groups in total. The number of rotatable bonds is 9. The van der Waals surface area contributed by atoms with Crippen LogP contribution in [0.5, 0.6) is 0 Å². The van der Waals surface area contributed by atoms with E-state index < -0.39 is 5.82 Å². The fourth-order valence-corrected chi connectivity index (χ4v) is 4.90. The zero-order chi connectivity index (χ0) is 28.8. The molecule has 1 saturated heterocycles. The molecule has 0 bridgehead atoms. The molecule has 3 heterocycles. The minimum atomic E-state index is -0.499.